The number of benzene rings is 1. The fourth-order valence-corrected chi connectivity index (χ4v) is 1.35. The molecule has 2 aromatic rings. The number of nitrogens with one attached hydrogen (secondary N) is 1. The second-order valence-corrected chi connectivity index (χ2v) is 2.87. The molecule has 74 valence electrons. The van der Waals surface area contributed by atoms with Crippen LogP contribution in [0.5, 0.6) is 0 Å². The van der Waals surface area contributed by atoms with Gasteiger partial charge in [0.2, 0.25) is 0 Å². The fraction of sp³-hybridized carbons (Fsp3) is 0.182. The Bertz CT molecular complexity index is 474. The zero-order chi connectivity index (χ0) is 10.6. The second kappa shape index (κ2) is 4.58. The molecule has 0 spiro atoms. The van der Waals surface area contributed by atoms with Gasteiger partial charge in [0.15, 0.2) is 0 Å². The van der Waals surface area contributed by atoms with E-state index in [-0.39, 0.29) is 5.56 Å². The highest BCUT2D eigenvalue weighted by Crippen LogP contribution is 2.08. The number of aryl methyl sites for hydroxylation is 1. The number of hydrogen-bond acceptors (Lipinski definition) is 2. The molecule has 3 N–H and O–H groups in total. The molecule has 0 saturated carbocycles. The first-order valence-electron chi connectivity index (χ1n) is 4.44. The monoisotopic (exact) mass is 190 g/mol. The molecular formula is C11H14N2O. The normalized spacial score (nSPS) is 9.36. The Labute approximate surface area is 82.6 Å². The van der Waals surface area contributed by atoms with Gasteiger partial charge in [-0.25, -0.2) is 0 Å². The number of fused-ring (bicyclic) bond motifs is 1. The Morgan fingerprint density at radius 3 is 2.57 bits per heavy atom. The first-order chi connectivity index (χ1) is 6.77. The Morgan fingerprint density at radius 2 is 1.86 bits per heavy atom. The van der Waals surface area contributed by atoms with E-state index in [1.54, 1.807) is 0 Å². The standard InChI is InChI=1S/C10H9NO.CH5N/c1-7-6-8-4-2-3-5-9(8)10(12)11-7;1-2/h2-6H,1H3,(H,11,12);2H2,1H3. The third-order valence-corrected chi connectivity index (χ3v) is 1.89. The van der Waals surface area contributed by atoms with Crippen LogP contribution >= 0.6 is 0 Å². The maximum absolute atomic E-state index is 11.3. The Hall–Kier alpha value is -1.61. The van der Waals surface area contributed by atoms with Crippen LogP contribution < -0.4 is 11.3 Å². The zero-order valence-corrected chi connectivity index (χ0v) is 8.37. The van der Waals surface area contributed by atoms with E-state index in [1.807, 2.05) is 37.3 Å². The summed E-state index contributed by atoms with van der Waals surface area (Å²) in [5.74, 6) is 0. The molecule has 0 unspecified atom stereocenters. The highest BCUT2D eigenvalue weighted by molar-refractivity contribution is 5.81. The van der Waals surface area contributed by atoms with Crippen molar-refractivity contribution in [1.82, 2.24) is 4.98 Å². The van der Waals surface area contributed by atoms with E-state index in [1.165, 1.54) is 7.05 Å². The predicted molar refractivity (Wildman–Crippen MR) is 59.4 cm³/mol. The number of aromatic amines is 1. The summed E-state index contributed by atoms with van der Waals surface area (Å²) in [6.07, 6.45) is 0. The van der Waals surface area contributed by atoms with Gasteiger partial charge < -0.3 is 10.7 Å². The summed E-state index contributed by atoms with van der Waals surface area (Å²) >= 11 is 0. The number of nitrogens with two attached hydrogens (primary N) is 1. The quantitative estimate of drug-likeness (QED) is 0.660. The first kappa shape index (κ1) is 10.5. The van der Waals surface area contributed by atoms with Crippen LogP contribution in [0.4, 0.5) is 0 Å². The minimum absolute atomic E-state index is 0.00870. The number of hydrogen-bond donors (Lipinski definition) is 2. The topological polar surface area (TPSA) is 58.9 Å². The largest absolute Gasteiger partial charge is 0.333 e. The van der Waals surface area contributed by atoms with Gasteiger partial charge in [0.05, 0.1) is 0 Å². The SMILES string of the molecule is CN.Cc1cc2ccccc2c(=O)[nH]1. The van der Waals surface area contributed by atoms with Crippen LogP contribution in [0.2, 0.25) is 0 Å². The molecule has 0 atom stereocenters. The Kier molecular flexibility index (Phi) is 3.42. The average Bonchev–Trinajstić information content (AvgIpc) is 2.20. The van der Waals surface area contributed by atoms with Crippen molar-refractivity contribution in [3.05, 3.63) is 46.4 Å². The molecule has 1 heterocycles. The lowest BCUT2D eigenvalue weighted by Gasteiger charge is -1.96. The third kappa shape index (κ3) is 2.00. The average molecular weight is 190 g/mol. The molecule has 1 aromatic heterocycles. The van der Waals surface area contributed by atoms with Crippen LogP contribution in [0.25, 0.3) is 10.8 Å². The summed E-state index contributed by atoms with van der Waals surface area (Å²) in [5.41, 5.74) is 5.39. The number of H-pyrrole nitrogens is 1. The summed E-state index contributed by atoms with van der Waals surface area (Å²) < 4.78 is 0. The van der Waals surface area contributed by atoms with Crippen LogP contribution in [0.3, 0.4) is 0 Å². The minimum atomic E-state index is -0.00870. The van der Waals surface area contributed by atoms with Gasteiger partial charge in [0.25, 0.3) is 5.56 Å². The Balaban J connectivity index is 0.000000461. The van der Waals surface area contributed by atoms with E-state index in [0.717, 1.165) is 16.5 Å². The van der Waals surface area contributed by atoms with Gasteiger partial charge >= 0.3 is 0 Å². The van der Waals surface area contributed by atoms with Crippen molar-refractivity contribution in [2.45, 2.75) is 6.92 Å². The molecule has 2 rings (SSSR count). The van der Waals surface area contributed by atoms with Gasteiger partial charge in [0, 0.05) is 11.1 Å². The molecule has 0 saturated heterocycles. The number of pyridine rings is 1. The molecule has 0 amide bonds. The molecular weight excluding hydrogens is 176 g/mol. The summed E-state index contributed by atoms with van der Waals surface area (Å²) in [4.78, 5) is 14.1. The molecule has 0 bridgehead atoms. The van der Waals surface area contributed by atoms with E-state index in [4.69, 9.17) is 0 Å². The summed E-state index contributed by atoms with van der Waals surface area (Å²) in [6, 6.07) is 9.54. The first-order valence-corrected chi connectivity index (χ1v) is 4.44. The van der Waals surface area contributed by atoms with Crippen LogP contribution in [0.15, 0.2) is 35.1 Å². The highest BCUT2D eigenvalue weighted by atomic mass is 16.1. The lowest BCUT2D eigenvalue weighted by atomic mass is 10.1. The highest BCUT2D eigenvalue weighted by Gasteiger charge is 1.96. The van der Waals surface area contributed by atoms with E-state index >= 15 is 0 Å². The molecule has 0 fully saturated rings. The van der Waals surface area contributed by atoms with Crippen molar-refractivity contribution in [3.63, 3.8) is 0 Å². The summed E-state index contributed by atoms with van der Waals surface area (Å²) in [5, 5.41) is 1.75. The van der Waals surface area contributed by atoms with Crippen molar-refractivity contribution in [2.75, 3.05) is 7.05 Å². The molecule has 3 heteroatoms. The molecule has 14 heavy (non-hydrogen) atoms. The molecule has 0 radical (unpaired) electrons. The van der Waals surface area contributed by atoms with Crippen molar-refractivity contribution in [1.29, 1.82) is 0 Å². The van der Waals surface area contributed by atoms with Crippen LogP contribution in [0, 0.1) is 6.92 Å². The molecule has 1 aromatic carbocycles. The van der Waals surface area contributed by atoms with Gasteiger partial charge in [0.1, 0.15) is 0 Å². The van der Waals surface area contributed by atoms with Crippen molar-refractivity contribution in [2.24, 2.45) is 5.73 Å². The second-order valence-electron chi connectivity index (χ2n) is 2.87. The van der Waals surface area contributed by atoms with Crippen LogP contribution in [0.1, 0.15) is 5.69 Å². The predicted octanol–water partition coefficient (Wildman–Crippen LogP) is 1.41. The van der Waals surface area contributed by atoms with Gasteiger partial charge in [-0.05, 0) is 31.5 Å². The maximum atomic E-state index is 11.3. The van der Waals surface area contributed by atoms with Gasteiger partial charge in [-0.15, -0.1) is 0 Å². The maximum Gasteiger partial charge on any atom is 0.256 e. The van der Waals surface area contributed by atoms with Gasteiger partial charge in [-0.1, -0.05) is 18.2 Å². The zero-order valence-electron chi connectivity index (χ0n) is 8.37. The van der Waals surface area contributed by atoms with Crippen LogP contribution in [-0.2, 0) is 0 Å². The molecule has 0 aliphatic rings. The fourth-order valence-electron chi connectivity index (χ4n) is 1.35. The van der Waals surface area contributed by atoms with E-state index in [0.29, 0.717) is 0 Å². The van der Waals surface area contributed by atoms with E-state index < -0.39 is 0 Å². The summed E-state index contributed by atoms with van der Waals surface area (Å²) in [6.45, 7) is 1.88. The molecule has 0 aliphatic heterocycles. The lowest BCUT2D eigenvalue weighted by Crippen LogP contribution is -2.06. The van der Waals surface area contributed by atoms with Crippen LogP contribution in [-0.4, -0.2) is 12.0 Å². The van der Waals surface area contributed by atoms with Gasteiger partial charge in [-0.3, -0.25) is 4.79 Å². The third-order valence-electron chi connectivity index (χ3n) is 1.89. The number of rotatable bonds is 0. The van der Waals surface area contributed by atoms with E-state index in [2.05, 4.69) is 10.7 Å². The van der Waals surface area contributed by atoms with E-state index in [9.17, 15) is 4.79 Å². The van der Waals surface area contributed by atoms with Crippen molar-refractivity contribution >= 4 is 10.8 Å². The van der Waals surface area contributed by atoms with Gasteiger partial charge in [-0.2, -0.15) is 0 Å². The summed E-state index contributed by atoms with van der Waals surface area (Å²) in [7, 11) is 1.50. The van der Waals surface area contributed by atoms with Crippen molar-refractivity contribution < 1.29 is 0 Å². The minimum Gasteiger partial charge on any atom is -0.333 e. The molecule has 0 aliphatic carbocycles. The number of aromatic nitrogens is 1. The molecule has 3 nitrogen and oxygen atoms in total. The smallest absolute Gasteiger partial charge is 0.256 e. The van der Waals surface area contributed by atoms with Crippen molar-refractivity contribution in [3.8, 4) is 0 Å². The lowest BCUT2D eigenvalue weighted by molar-refractivity contribution is 1.17. The Morgan fingerprint density at radius 1 is 1.21 bits per heavy atom.